The van der Waals surface area contributed by atoms with Crippen LogP contribution in [0.2, 0.25) is 0 Å². The van der Waals surface area contributed by atoms with Gasteiger partial charge in [-0.05, 0) is 18.1 Å². The van der Waals surface area contributed by atoms with E-state index in [2.05, 4.69) is 4.99 Å². The minimum atomic E-state index is -0.471. The van der Waals surface area contributed by atoms with Crippen molar-refractivity contribution in [2.24, 2.45) is 4.99 Å². The lowest BCUT2D eigenvalue weighted by Crippen LogP contribution is -1.91. The minimum Gasteiger partial charge on any atom is -0.258 e. The fourth-order valence-electron chi connectivity index (χ4n) is 1.16. The second-order valence-corrected chi connectivity index (χ2v) is 2.84. The Morgan fingerprint density at radius 1 is 1.50 bits per heavy atom. The van der Waals surface area contributed by atoms with Crippen LogP contribution in [0.1, 0.15) is 11.1 Å². The van der Waals surface area contributed by atoms with Crippen LogP contribution in [0.3, 0.4) is 0 Å². The van der Waals surface area contributed by atoms with E-state index in [4.69, 9.17) is 0 Å². The first-order valence-corrected chi connectivity index (χ1v) is 3.92. The Hall–Kier alpha value is -2.00. The molecule has 0 saturated carbocycles. The maximum atomic E-state index is 10.5. The topological polar surface area (TPSA) is 72.6 Å². The number of non-ortho nitro benzene ring substituents is 1. The molecule has 0 amide bonds. The summed E-state index contributed by atoms with van der Waals surface area (Å²) in [6.07, 6.45) is 1.39. The number of nitrogens with zero attached hydrogens (tertiary/aromatic N) is 2. The Balaban J connectivity index is 3.06. The predicted octanol–water partition coefficient (Wildman–Crippen LogP) is 1.74. The zero-order valence-electron chi connectivity index (χ0n) is 7.56. The number of aryl methyl sites for hydroxylation is 1. The number of hydrogen-bond acceptors (Lipinski definition) is 4. The summed E-state index contributed by atoms with van der Waals surface area (Å²) in [6.45, 7) is 1.88. The van der Waals surface area contributed by atoms with E-state index in [1.807, 2.05) is 0 Å². The van der Waals surface area contributed by atoms with Crippen LogP contribution in [0.25, 0.3) is 0 Å². The van der Waals surface area contributed by atoms with Gasteiger partial charge in [0, 0.05) is 12.1 Å². The van der Waals surface area contributed by atoms with Crippen LogP contribution >= 0.6 is 0 Å². The van der Waals surface area contributed by atoms with Crippen molar-refractivity contribution in [3.63, 3.8) is 0 Å². The first-order valence-electron chi connectivity index (χ1n) is 3.92. The highest BCUT2D eigenvalue weighted by Gasteiger charge is 2.07. The van der Waals surface area contributed by atoms with Gasteiger partial charge in [-0.1, -0.05) is 6.07 Å². The van der Waals surface area contributed by atoms with Gasteiger partial charge < -0.3 is 0 Å². The summed E-state index contributed by atoms with van der Waals surface area (Å²) in [4.78, 5) is 23.2. The molecule has 1 rings (SSSR count). The molecule has 1 aromatic carbocycles. The number of hydrogen-bond donors (Lipinski definition) is 0. The SMILES string of the molecule is Cc1cc(CN=C=O)cc([N+](=O)[O-])c1. The third-order valence-electron chi connectivity index (χ3n) is 1.66. The van der Waals surface area contributed by atoms with Crippen LogP contribution in [0.4, 0.5) is 5.69 Å². The van der Waals surface area contributed by atoms with E-state index in [-0.39, 0.29) is 12.2 Å². The Labute approximate surface area is 80.2 Å². The van der Waals surface area contributed by atoms with Gasteiger partial charge in [0.15, 0.2) is 0 Å². The highest BCUT2D eigenvalue weighted by atomic mass is 16.6. The van der Waals surface area contributed by atoms with Crippen LogP contribution in [0.15, 0.2) is 23.2 Å². The summed E-state index contributed by atoms with van der Waals surface area (Å²) in [7, 11) is 0. The van der Waals surface area contributed by atoms with Crippen molar-refractivity contribution in [3.05, 3.63) is 39.4 Å². The first-order chi connectivity index (χ1) is 6.63. The van der Waals surface area contributed by atoms with E-state index in [0.29, 0.717) is 5.56 Å². The minimum absolute atomic E-state index is 0.0149. The van der Waals surface area contributed by atoms with E-state index in [1.165, 1.54) is 18.2 Å². The Bertz CT molecular complexity index is 409. The molecule has 0 aliphatic rings. The van der Waals surface area contributed by atoms with E-state index in [9.17, 15) is 14.9 Å². The summed E-state index contributed by atoms with van der Waals surface area (Å²) < 4.78 is 0. The zero-order chi connectivity index (χ0) is 10.6. The fraction of sp³-hybridized carbons (Fsp3) is 0.222. The fourth-order valence-corrected chi connectivity index (χ4v) is 1.16. The van der Waals surface area contributed by atoms with Crippen molar-refractivity contribution in [3.8, 4) is 0 Å². The van der Waals surface area contributed by atoms with Gasteiger partial charge in [0.2, 0.25) is 6.08 Å². The maximum Gasteiger partial charge on any atom is 0.270 e. The molecule has 0 aliphatic carbocycles. The number of benzene rings is 1. The van der Waals surface area contributed by atoms with Crippen LogP contribution in [0.5, 0.6) is 0 Å². The summed E-state index contributed by atoms with van der Waals surface area (Å²) >= 11 is 0. The average molecular weight is 192 g/mol. The third-order valence-corrected chi connectivity index (χ3v) is 1.66. The van der Waals surface area contributed by atoms with E-state index in [1.54, 1.807) is 13.0 Å². The first kappa shape index (κ1) is 10.1. The summed E-state index contributed by atoms with van der Waals surface area (Å²) in [6, 6.07) is 4.61. The highest BCUT2D eigenvalue weighted by Crippen LogP contribution is 2.17. The number of nitro benzene ring substituents is 1. The van der Waals surface area contributed by atoms with Gasteiger partial charge >= 0.3 is 0 Å². The molecule has 0 N–H and O–H groups in total. The summed E-state index contributed by atoms with van der Waals surface area (Å²) in [5.74, 6) is 0. The van der Waals surface area contributed by atoms with E-state index >= 15 is 0 Å². The van der Waals surface area contributed by atoms with Crippen LogP contribution in [0, 0.1) is 17.0 Å². The van der Waals surface area contributed by atoms with Crippen molar-refractivity contribution >= 4 is 11.8 Å². The molecule has 0 saturated heterocycles. The smallest absolute Gasteiger partial charge is 0.258 e. The average Bonchev–Trinajstić information content (AvgIpc) is 2.14. The molecule has 5 nitrogen and oxygen atoms in total. The lowest BCUT2D eigenvalue weighted by atomic mass is 10.1. The monoisotopic (exact) mass is 192 g/mol. The molecule has 14 heavy (non-hydrogen) atoms. The highest BCUT2D eigenvalue weighted by molar-refractivity contribution is 5.40. The number of isocyanates is 1. The van der Waals surface area contributed by atoms with Crippen molar-refractivity contribution < 1.29 is 9.72 Å². The molecule has 0 bridgehead atoms. The molecular weight excluding hydrogens is 184 g/mol. The molecule has 0 fully saturated rings. The van der Waals surface area contributed by atoms with Crippen LogP contribution in [-0.2, 0) is 11.3 Å². The van der Waals surface area contributed by atoms with Gasteiger partial charge in [0.05, 0.1) is 11.5 Å². The second-order valence-electron chi connectivity index (χ2n) is 2.84. The van der Waals surface area contributed by atoms with Gasteiger partial charge in [-0.2, -0.15) is 0 Å². The van der Waals surface area contributed by atoms with Gasteiger partial charge in [0.1, 0.15) is 0 Å². The molecule has 0 aliphatic heterocycles. The Morgan fingerprint density at radius 3 is 2.79 bits per heavy atom. The predicted molar refractivity (Wildman–Crippen MR) is 49.7 cm³/mol. The number of rotatable bonds is 3. The van der Waals surface area contributed by atoms with Crippen molar-refractivity contribution in [2.75, 3.05) is 0 Å². The van der Waals surface area contributed by atoms with Crippen LogP contribution < -0.4 is 0 Å². The number of carbonyl (C=O) groups excluding carboxylic acids is 1. The lowest BCUT2D eigenvalue weighted by molar-refractivity contribution is -0.385. The molecule has 0 spiro atoms. The van der Waals surface area contributed by atoms with Gasteiger partial charge in [-0.25, -0.2) is 9.79 Å². The summed E-state index contributed by atoms with van der Waals surface area (Å²) in [5.41, 5.74) is 1.43. The molecule has 0 radical (unpaired) electrons. The quantitative estimate of drug-likeness (QED) is 0.317. The normalized spacial score (nSPS) is 9.21. The largest absolute Gasteiger partial charge is 0.270 e. The molecule has 5 heteroatoms. The molecule has 1 aromatic rings. The standard InChI is InChI=1S/C9H8N2O3/c1-7-2-8(5-10-6-12)4-9(3-7)11(13)14/h2-4H,5H2,1H3. The van der Waals surface area contributed by atoms with E-state index < -0.39 is 4.92 Å². The second kappa shape index (κ2) is 4.30. The lowest BCUT2D eigenvalue weighted by Gasteiger charge is -1.98. The maximum absolute atomic E-state index is 10.5. The Morgan fingerprint density at radius 2 is 2.21 bits per heavy atom. The van der Waals surface area contributed by atoms with Crippen molar-refractivity contribution in [1.29, 1.82) is 0 Å². The van der Waals surface area contributed by atoms with Gasteiger partial charge in [0.25, 0.3) is 5.69 Å². The van der Waals surface area contributed by atoms with Crippen molar-refractivity contribution in [2.45, 2.75) is 13.5 Å². The van der Waals surface area contributed by atoms with Crippen LogP contribution in [-0.4, -0.2) is 11.0 Å². The van der Waals surface area contributed by atoms with Crippen molar-refractivity contribution in [1.82, 2.24) is 0 Å². The molecule has 0 unspecified atom stereocenters. The van der Waals surface area contributed by atoms with E-state index in [0.717, 1.165) is 5.56 Å². The number of nitro groups is 1. The molecule has 0 heterocycles. The summed E-state index contributed by atoms with van der Waals surface area (Å²) in [5, 5.41) is 10.5. The Kier molecular flexibility index (Phi) is 3.09. The zero-order valence-corrected chi connectivity index (χ0v) is 7.56. The molecule has 0 atom stereocenters. The van der Waals surface area contributed by atoms with Gasteiger partial charge in [-0.3, -0.25) is 10.1 Å². The molecule has 0 aromatic heterocycles. The molecular formula is C9H8N2O3. The molecule has 72 valence electrons. The number of aliphatic imine (C=N–C) groups is 1. The van der Waals surface area contributed by atoms with Gasteiger partial charge in [-0.15, -0.1) is 0 Å². The third kappa shape index (κ3) is 2.50.